The summed E-state index contributed by atoms with van der Waals surface area (Å²) in [6.45, 7) is 0. The molecule has 0 amide bonds. The third-order valence-corrected chi connectivity index (χ3v) is 0.388. The first-order valence-electron chi connectivity index (χ1n) is 1.56. The van der Waals surface area contributed by atoms with E-state index in [1.807, 2.05) is 0 Å². The molecule has 0 saturated carbocycles. The molecule has 0 aliphatic heterocycles. The summed E-state index contributed by atoms with van der Waals surface area (Å²) < 4.78 is 0. The van der Waals surface area contributed by atoms with Crippen LogP contribution < -0.4 is 0 Å². The van der Waals surface area contributed by atoms with E-state index >= 15 is 0 Å². The van der Waals surface area contributed by atoms with Gasteiger partial charge in [0.2, 0.25) is 0 Å². The molecule has 0 saturated heterocycles. The van der Waals surface area contributed by atoms with Crippen LogP contribution >= 0.6 is 0 Å². The topological polar surface area (TPSA) is 91.7 Å². The molecule has 0 fully saturated rings. The summed E-state index contributed by atoms with van der Waals surface area (Å²) in [6, 6.07) is 0. The number of carbonyl (C=O) groups excluding carboxylic acids is 1. The van der Waals surface area contributed by atoms with Crippen LogP contribution in [-0.2, 0) is 31.5 Å². The van der Waals surface area contributed by atoms with Crippen LogP contribution in [0, 0.1) is 0 Å². The van der Waals surface area contributed by atoms with Crippen molar-refractivity contribution in [1.29, 1.82) is 0 Å². The van der Waals surface area contributed by atoms with Crippen molar-refractivity contribution in [2.45, 2.75) is 0 Å². The van der Waals surface area contributed by atoms with Gasteiger partial charge in [0.1, 0.15) is 0 Å². The van der Waals surface area contributed by atoms with E-state index in [4.69, 9.17) is 10.2 Å². The van der Waals surface area contributed by atoms with Crippen molar-refractivity contribution in [3.63, 3.8) is 0 Å². The Morgan fingerprint density at radius 1 is 0.889 bits per heavy atom. The van der Waals surface area contributed by atoms with Crippen LogP contribution in [0.2, 0.25) is 0 Å². The van der Waals surface area contributed by atoms with Crippen molar-refractivity contribution in [2.24, 2.45) is 0 Å². The fraction of sp³-hybridized carbons (Fsp3) is 0. The Labute approximate surface area is 60.1 Å². The molecule has 0 aromatic rings. The number of Topliss-reactive ketones (excluding diaryl/α,β-unsaturated/α-hetero) is 1. The Hall–Kier alpha value is -0.871. The molecule has 0 rings (SSSR count). The maximum atomic E-state index is 9.64. The van der Waals surface area contributed by atoms with Gasteiger partial charge in [0, 0.05) is 17.1 Å². The first-order valence-corrected chi connectivity index (χ1v) is 1.56. The number of hydrogen-bond acceptors (Lipinski definition) is 3. The van der Waals surface area contributed by atoms with Gasteiger partial charge in [-0.1, -0.05) is 0 Å². The van der Waals surface area contributed by atoms with Gasteiger partial charge in [0.25, 0.3) is 0 Å². The molecule has 0 heterocycles. The van der Waals surface area contributed by atoms with Crippen molar-refractivity contribution >= 4 is 17.7 Å². The maximum Gasteiger partial charge on any atom is 0.384 e. The average molecular weight is 182 g/mol. The predicted octanol–water partition coefficient (Wildman–Crippen LogP) is -1.28. The minimum atomic E-state index is -1.95. The monoisotopic (exact) mass is 181 g/mol. The van der Waals surface area contributed by atoms with E-state index in [9.17, 15) is 14.4 Å². The number of rotatable bonds is 2. The van der Waals surface area contributed by atoms with Crippen molar-refractivity contribution in [2.75, 3.05) is 0 Å². The van der Waals surface area contributed by atoms with Gasteiger partial charge >= 0.3 is 17.7 Å². The first kappa shape index (κ1) is 11.0. The molecular formula is C3H2CuO5. The second-order valence-corrected chi connectivity index (χ2v) is 0.939. The zero-order valence-electron chi connectivity index (χ0n) is 3.92. The summed E-state index contributed by atoms with van der Waals surface area (Å²) in [4.78, 5) is 28.5. The Morgan fingerprint density at radius 3 is 1.11 bits per heavy atom. The fourth-order valence-corrected chi connectivity index (χ4v) is 0.0915. The molecular weight excluding hydrogens is 180 g/mol. The molecule has 0 aliphatic carbocycles. The molecule has 0 aromatic heterocycles. The van der Waals surface area contributed by atoms with Gasteiger partial charge in [-0.25, -0.2) is 9.59 Å². The minimum absolute atomic E-state index is 0. The van der Waals surface area contributed by atoms with Crippen LogP contribution in [0.25, 0.3) is 0 Å². The van der Waals surface area contributed by atoms with Crippen molar-refractivity contribution < 1.29 is 41.7 Å². The third-order valence-electron chi connectivity index (χ3n) is 0.388. The van der Waals surface area contributed by atoms with Crippen molar-refractivity contribution in [3.05, 3.63) is 0 Å². The number of carbonyl (C=O) groups is 3. The van der Waals surface area contributed by atoms with E-state index in [1.54, 1.807) is 0 Å². The van der Waals surface area contributed by atoms with Gasteiger partial charge in [0.15, 0.2) is 0 Å². The molecule has 9 heavy (non-hydrogen) atoms. The smallest absolute Gasteiger partial charge is 0.384 e. The van der Waals surface area contributed by atoms with Crippen molar-refractivity contribution in [1.82, 2.24) is 0 Å². The van der Waals surface area contributed by atoms with Gasteiger partial charge in [-0.3, -0.25) is 4.79 Å². The Morgan fingerprint density at radius 2 is 1.11 bits per heavy atom. The predicted molar refractivity (Wildman–Crippen MR) is 20.3 cm³/mol. The van der Waals surface area contributed by atoms with Crippen LogP contribution in [0.1, 0.15) is 0 Å². The molecule has 0 unspecified atom stereocenters. The van der Waals surface area contributed by atoms with Gasteiger partial charge in [-0.15, -0.1) is 0 Å². The molecule has 5 nitrogen and oxygen atoms in total. The summed E-state index contributed by atoms with van der Waals surface area (Å²) in [5.74, 6) is -5.71. The van der Waals surface area contributed by atoms with E-state index < -0.39 is 17.7 Å². The van der Waals surface area contributed by atoms with E-state index in [0.717, 1.165) is 0 Å². The van der Waals surface area contributed by atoms with E-state index in [0.29, 0.717) is 0 Å². The second kappa shape index (κ2) is 4.05. The molecule has 0 bridgehead atoms. The van der Waals surface area contributed by atoms with Gasteiger partial charge in [-0.05, 0) is 0 Å². The number of hydrogen-bond donors (Lipinski definition) is 2. The van der Waals surface area contributed by atoms with Crippen LogP contribution in [0.3, 0.4) is 0 Å². The van der Waals surface area contributed by atoms with Crippen LogP contribution in [0.5, 0.6) is 0 Å². The molecule has 1 radical (unpaired) electrons. The summed E-state index contributed by atoms with van der Waals surface area (Å²) in [5, 5.41) is 15.2. The Balaban J connectivity index is 0. The second-order valence-electron chi connectivity index (χ2n) is 0.939. The van der Waals surface area contributed by atoms with Crippen LogP contribution in [0.4, 0.5) is 0 Å². The first-order chi connectivity index (χ1) is 3.55. The zero-order valence-corrected chi connectivity index (χ0v) is 4.86. The average Bonchev–Trinajstić information content (AvgIpc) is 1.64. The molecule has 2 N–H and O–H groups in total. The summed E-state index contributed by atoms with van der Waals surface area (Å²) in [5.41, 5.74) is 0. The summed E-state index contributed by atoms with van der Waals surface area (Å²) >= 11 is 0. The Kier molecular flexibility index (Phi) is 4.95. The normalized spacial score (nSPS) is 7.11. The quantitative estimate of drug-likeness (QED) is 0.315. The number of aliphatic carboxylic acids is 2. The zero-order chi connectivity index (χ0) is 6.73. The van der Waals surface area contributed by atoms with Gasteiger partial charge in [0.05, 0.1) is 0 Å². The standard InChI is InChI=1S/C3H2O5.Cu/c4-1(2(5)6)3(7)8;/h(H,5,6)(H,7,8);. The van der Waals surface area contributed by atoms with E-state index in [1.165, 1.54) is 0 Å². The molecule has 0 spiro atoms. The SMILES string of the molecule is O=C(O)C(=O)C(=O)O.[Cu]. The number of carboxylic acids is 2. The van der Waals surface area contributed by atoms with E-state index in [2.05, 4.69) is 0 Å². The minimum Gasteiger partial charge on any atom is -0.475 e. The maximum absolute atomic E-state index is 9.64. The van der Waals surface area contributed by atoms with E-state index in [-0.39, 0.29) is 17.1 Å². The molecule has 0 aliphatic rings. The Bertz CT molecular complexity index is 134. The molecule has 0 atom stereocenters. The molecule has 55 valence electrons. The van der Waals surface area contributed by atoms with Gasteiger partial charge < -0.3 is 10.2 Å². The van der Waals surface area contributed by atoms with Gasteiger partial charge in [-0.2, -0.15) is 0 Å². The van der Waals surface area contributed by atoms with Crippen LogP contribution in [-0.4, -0.2) is 27.9 Å². The van der Waals surface area contributed by atoms with Crippen LogP contribution in [0.15, 0.2) is 0 Å². The third kappa shape index (κ3) is 3.69. The summed E-state index contributed by atoms with van der Waals surface area (Å²) in [7, 11) is 0. The fourth-order valence-electron chi connectivity index (χ4n) is 0.0915. The van der Waals surface area contributed by atoms with Crippen molar-refractivity contribution in [3.8, 4) is 0 Å². The molecule has 6 heteroatoms. The number of ketones is 1. The summed E-state index contributed by atoms with van der Waals surface area (Å²) in [6.07, 6.45) is 0. The molecule has 0 aromatic carbocycles. The largest absolute Gasteiger partial charge is 0.475 e. The number of carboxylic acid groups (broad SMARTS) is 2.